The van der Waals surface area contributed by atoms with E-state index in [4.69, 9.17) is 4.74 Å². The molecule has 3 nitrogen and oxygen atoms in total. The predicted octanol–water partition coefficient (Wildman–Crippen LogP) is 3.07. The highest BCUT2D eigenvalue weighted by Crippen LogP contribution is 2.29. The fourth-order valence-electron chi connectivity index (χ4n) is 1.34. The van der Waals surface area contributed by atoms with Crippen molar-refractivity contribution in [2.24, 2.45) is 0 Å². The van der Waals surface area contributed by atoms with Crippen LogP contribution < -0.4 is 4.74 Å². The van der Waals surface area contributed by atoms with E-state index in [9.17, 15) is 18.3 Å². The molecule has 0 saturated carbocycles. The fraction of sp³-hybridized carbons (Fsp3) is 0.455. The summed E-state index contributed by atoms with van der Waals surface area (Å²) in [5.41, 5.74) is 0.369. The monoisotopic (exact) mass is 328 g/mol. The van der Waals surface area contributed by atoms with E-state index in [0.717, 1.165) is 0 Å². The third-order valence-electron chi connectivity index (χ3n) is 2.09. The summed E-state index contributed by atoms with van der Waals surface area (Å²) in [6, 6.07) is 4.87. The Morgan fingerprint density at radius 3 is 2.61 bits per heavy atom. The van der Waals surface area contributed by atoms with E-state index in [0.29, 0.717) is 15.8 Å². The molecule has 1 rings (SSSR count). The molecule has 0 radical (unpaired) electrons. The van der Waals surface area contributed by atoms with Gasteiger partial charge in [-0.2, -0.15) is 13.2 Å². The fourth-order valence-corrected chi connectivity index (χ4v) is 1.72. The van der Waals surface area contributed by atoms with Crippen LogP contribution in [0.15, 0.2) is 22.7 Å². The summed E-state index contributed by atoms with van der Waals surface area (Å²) in [5, 5.41) is 9.76. The third-order valence-corrected chi connectivity index (χ3v) is 2.59. The first-order valence-corrected chi connectivity index (χ1v) is 5.79. The van der Waals surface area contributed by atoms with Gasteiger partial charge in [0.25, 0.3) is 0 Å². The summed E-state index contributed by atoms with van der Waals surface area (Å²) in [6.45, 7) is -1.84. The molecule has 0 bridgehead atoms. The first kappa shape index (κ1) is 15.3. The van der Waals surface area contributed by atoms with E-state index in [1.807, 2.05) is 0 Å². The maximum Gasteiger partial charge on any atom is 0.411 e. The van der Waals surface area contributed by atoms with Crippen LogP contribution >= 0.6 is 15.9 Å². The van der Waals surface area contributed by atoms with Crippen LogP contribution in [0.1, 0.15) is 11.7 Å². The van der Waals surface area contributed by atoms with Crippen LogP contribution in [0.25, 0.3) is 0 Å². The number of halogens is 4. The average molecular weight is 329 g/mol. The van der Waals surface area contributed by atoms with Crippen LogP contribution in [0, 0.1) is 0 Å². The maximum atomic E-state index is 11.9. The van der Waals surface area contributed by atoms with Gasteiger partial charge in [0, 0.05) is 10.0 Å². The Balaban J connectivity index is 2.66. The summed E-state index contributed by atoms with van der Waals surface area (Å²) >= 11 is 3.21. The molecule has 0 aliphatic rings. The van der Waals surface area contributed by atoms with E-state index in [1.165, 1.54) is 7.11 Å². The smallest absolute Gasteiger partial charge is 0.411 e. The molecule has 1 atom stereocenters. The normalized spacial score (nSPS) is 13.4. The number of hydrogen-bond donors (Lipinski definition) is 1. The van der Waals surface area contributed by atoms with Crippen molar-refractivity contribution in [3.05, 3.63) is 28.2 Å². The molecule has 0 aromatic heterocycles. The van der Waals surface area contributed by atoms with E-state index in [1.54, 1.807) is 18.2 Å². The van der Waals surface area contributed by atoms with E-state index < -0.39 is 25.5 Å². The molecule has 0 amide bonds. The lowest BCUT2D eigenvalue weighted by Gasteiger charge is -2.16. The molecule has 1 unspecified atom stereocenters. The van der Waals surface area contributed by atoms with Crippen molar-refractivity contribution in [2.75, 3.05) is 20.3 Å². The quantitative estimate of drug-likeness (QED) is 0.902. The van der Waals surface area contributed by atoms with Crippen LogP contribution in [0.3, 0.4) is 0 Å². The van der Waals surface area contributed by atoms with Crippen LogP contribution in [0.5, 0.6) is 5.75 Å². The van der Waals surface area contributed by atoms with Gasteiger partial charge in [-0.05, 0) is 18.2 Å². The minimum atomic E-state index is -4.40. The highest BCUT2D eigenvalue weighted by molar-refractivity contribution is 9.10. The topological polar surface area (TPSA) is 38.7 Å². The number of aliphatic hydroxyl groups excluding tert-OH is 1. The second kappa shape index (κ2) is 6.40. The van der Waals surface area contributed by atoms with Crippen molar-refractivity contribution in [1.29, 1.82) is 0 Å². The van der Waals surface area contributed by atoms with Gasteiger partial charge in [-0.15, -0.1) is 0 Å². The average Bonchev–Trinajstić information content (AvgIpc) is 2.27. The SMILES string of the molecule is COc1ccc(Br)cc1C(O)COCC(F)(F)F. The molecule has 1 N–H and O–H groups in total. The molecular formula is C11H12BrF3O3. The minimum Gasteiger partial charge on any atom is -0.496 e. The molecule has 0 aliphatic heterocycles. The van der Waals surface area contributed by atoms with Crippen LogP contribution in [-0.4, -0.2) is 31.6 Å². The Kier molecular flexibility index (Phi) is 5.43. The molecule has 0 spiro atoms. The van der Waals surface area contributed by atoms with Gasteiger partial charge in [0.2, 0.25) is 0 Å². The molecule has 0 heterocycles. The second-order valence-electron chi connectivity index (χ2n) is 3.53. The van der Waals surface area contributed by atoms with Crippen LogP contribution in [0.4, 0.5) is 13.2 Å². The van der Waals surface area contributed by atoms with Crippen molar-refractivity contribution >= 4 is 15.9 Å². The van der Waals surface area contributed by atoms with Crippen molar-refractivity contribution in [2.45, 2.75) is 12.3 Å². The lowest BCUT2D eigenvalue weighted by Crippen LogP contribution is -2.19. The van der Waals surface area contributed by atoms with Gasteiger partial charge in [0.05, 0.1) is 13.7 Å². The summed E-state index contributed by atoms with van der Waals surface area (Å²) in [5.74, 6) is 0.390. The summed E-state index contributed by atoms with van der Waals surface area (Å²) in [4.78, 5) is 0. The second-order valence-corrected chi connectivity index (χ2v) is 4.45. The Morgan fingerprint density at radius 1 is 1.39 bits per heavy atom. The van der Waals surface area contributed by atoms with Gasteiger partial charge in [-0.25, -0.2) is 0 Å². The summed E-state index contributed by atoms with van der Waals surface area (Å²) in [6.07, 6.45) is -5.58. The Morgan fingerprint density at radius 2 is 2.06 bits per heavy atom. The Labute approximate surface area is 111 Å². The van der Waals surface area contributed by atoms with Gasteiger partial charge in [-0.1, -0.05) is 15.9 Å². The molecule has 0 aliphatic carbocycles. The van der Waals surface area contributed by atoms with Crippen molar-refractivity contribution in [1.82, 2.24) is 0 Å². The molecule has 1 aromatic rings. The van der Waals surface area contributed by atoms with Crippen molar-refractivity contribution in [3.63, 3.8) is 0 Å². The van der Waals surface area contributed by atoms with Crippen LogP contribution in [-0.2, 0) is 4.74 Å². The first-order valence-electron chi connectivity index (χ1n) is 4.99. The first-order chi connectivity index (χ1) is 8.33. The number of rotatable bonds is 5. The largest absolute Gasteiger partial charge is 0.496 e. The lowest BCUT2D eigenvalue weighted by molar-refractivity contribution is -0.179. The molecule has 0 fully saturated rings. The van der Waals surface area contributed by atoms with Gasteiger partial charge < -0.3 is 14.6 Å². The van der Waals surface area contributed by atoms with E-state index >= 15 is 0 Å². The molecule has 7 heteroatoms. The molecule has 0 saturated heterocycles. The maximum absolute atomic E-state index is 11.9. The number of alkyl halides is 3. The number of benzene rings is 1. The van der Waals surface area contributed by atoms with E-state index in [-0.39, 0.29) is 0 Å². The highest BCUT2D eigenvalue weighted by Gasteiger charge is 2.28. The van der Waals surface area contributed by atoms with Gasteiger partial charge >= 0.3 is 6.18 Å². The molecular weight excluding hydrogens is 317 g/mol. The number of aliphatic hydroxyl groups is 1. The lowest BCUT2D eigenvalue weighted by atomic mass is 10.1. The van der Waals surface area contributed by atoms with Crippen molar-refractivity contribution < 1.29 is 27.8 Å². The molecule has 1 aromatic carbocycles. The number of methoxy groups -OCH3 is 1. The van der Waals surface area contributed by atoms with Gasteiger partial charge in [0.1, 0.15) is 18.5 Å². The zero-order valence-electron chi connectivity index (χ0n) is 9.50. The van der Waals surface area contributed by atoms with Crippen LogP contribution in [0.2, 0.25) is 0 Å². The van der Waals surface area contributed by atoms with Crippen molar-refractivity contribution in [3.8, 4) is 5.75 Å². The highest BCUT2D eigenvalue weighted by atomic mass is 79.9. The Bertz CT molecular complexity index is 396. The minimum absolute atomic E-state index is 0.369. The zero-order chi connectivity index (χ0) is 13.8. The van der Waals surface area contributed by atoms with Gasteiger partial charge in [0.15, 0.2) is 0 Å². The predicted molar refractivity (Wildman–Crippen MR) is 62.5 cm³/mol. The number of hydrogen-bond acceptors (Lipinski definition) is 3. The van der Waals surface area contributed by atoms with Gasteiger partial charge in [-0.3, -0.25) is 0 Å². The zero-order valence-corrected chi connectivity index (χ0v) is 11.1. The third kappa shape index (κ3) is 4.83. The summed E-state index contributed by atoms with van der Waals surface area (Å²) in [7, 11) is 1.41. The molecule has 102 valence electrons. The number of ether oxygens (including phenoxy) is 2. The molecule has 18 heavy (non-hydrogen) atoms. The van der Waals surface area contributed by atoms with E-state index in [2.05, 4.69) is 20.7 Å². The Hall–Kier alpha value is -0.790. The summed E-state index contributed by atoms with van der Waals surface area (Å²) < 4.78 is 45.7. The standard InChI is InChI=1S/C11H12BrF3O3/c1-17-10-3-2-7(12)4-8(10)9(16)5-18-6-11(13,14)15/h2-4,9,16H,5-6H2,1H3.